The van der Waals surface area contributed by atoms with Crippen LogP contribution in [0.5, 0.6) is 0 Å². The number of quaternary nitrogens is 1. The molecule has 0 unspecified atom stereocenters. The van der Waals surface area contributed by atoms with E-state index in [9.17, 15) is 14.9 Å². The van der Waals surface area contributed by atoms with E-state index in [1.165, 1.54) is 12.1 Å². The number of hydrogen-bond donors (Lipinski definition) is 2. The van der Waals surface area contributed by atoms with Gasteiger partial charge in [0.05, 0.1) is 37.4 Å². The molecule has 0 atom stereocenters. The van der Waals surface area contributed by atoms with Crippen LogP contribution in [0.1, 0.15) is 0 Å². The average Bonchev–Trinajstić information content (AvgIpc) is 2.63. The number of anilines is 1. The molecule has 2 N–H and O–H groups in total. The van der Waals surface area contributed by atoms with Crippen LogP contribution in [-0.4, -0.2) is 56.1 Å². The zero-order valence-electron chi connectivity index (χ0n) is 16.3. The summed E-state index contributed by atoms with van der Waals surface area (Å²) in [6, 6.07) is 13.2. The van der Waals surface area contributed by atoms with Crippen molar-refractivity contribution in [3.8, 4) is 0 Å². The molecule has 0 saturated heterocycles. The van der Waals surface area contributed by atoms with Crippen molar-refractivity contribution in [2.45, 2.75) is 0 Å². The molecule has 0 spiro atoms. The lowest BCUT2D eigenvalue weighted by Gasteiger charge is -2.22. The fraction of sp³-hybridized carbons (Fsp3) is 0.316. The van der Waals surface area contributed by atoms with Gasteiger partial charge < -0.3 is 15.1 Å². The number of azo groups is 1. The van der Waals surface area contributed by atoms with Crippen LogP contribution >= 0.6 is 0 Å². The average molecular weight is 385 g/mol. The van der Waals surface area contributed by atoms with E-state index < -0.39 is 4.92 Å². The van der Waals surface area contributed by atoms with Gasteiger partial charge in [-0.2, -0.15) is 10.2 Å². The number of rotatable bonds is 9. The quantitative estimate of drug-likeness (QED) is 0.227. The molecule has 9 heteroatoms. The number of carbonyl (C=O) groups excluding carboxylic acids is 1. The first kappa shape index (κ1) is 21.0. The number of likely N-dealkylation sites (N-methyl/N-ethyl adjacent to an activating group) is 1. The minimum Gasteiger partial charge on any atom is -0.383 e. The maximum atomic E-state index is 11.7. The third kappa shape index (κ3) is 7.50. The molecular weight excluding hydrogens is 360 g/mol. The molecule has 0 aromatic heterocycles. The second-order valence-electron chi connectivity index (χ2n) is 7.25. The van der Waals surface area contributed by atoms with Crippen LogP contribution in [0, 0.1) is 10.1 Å². The van der Waals surface area contributed by atoms with E-state index in [0.717, 1.165) is 5.69 Å². The maximum Gasteiger partial charge on any atom is 0.275 e. The predicted octanol–water partition coefficient (Wildman–Crippen LogP) is 3.24. The number of carbonyl (C=O) groups is 1. The highest BCUT2D eigenvalue weighted by Crippen LogP contribution is 2.22. The highest BCUT2D eigenvalue weighted by Gasteiger charge is 2.13. The normalized spacial score (nSPS) is 11.4. The van der Waals surface area contributed by atoms with Gasteiger partial charge in [0.15, 0.2) is 6.54 Å². The molecule has 28 heavy (non-hydrogen) atoms. The summed E-state index contributed by atoms with van der Waals surface area (Å²) in [7, 11) is 5.91. The summed E-state index contributed by atoms with van der Waals surface area (Å²) in [5.74, 6) is 0.0244. The molecule has 2 rings (SSSR count). The maximum absolute atomic E-state index is 11.7. The van der Waals surface area contributed by atoms with Crippen molar-refractivity contribution in [3.05, 3.63) is 58.6 Å². The van der Waals surface area contributed by atoms with E-state index in [2.05, 4.69) is 20.9 Å². The van der Waals surface area contributed by atoms with E-state index in [0.29, 0.717) is 35.5 Å². The van der Waals surface area contributed by atoms with Crippen molar-refractivity contribution in [1.82, 2.24) is 5.32 Å². The largest absolute Gasteiger partial charge is 0.383 e. The summed E-state index contributed by atoms with van der Waals surface area (Å²) >= 11 is 0. The van der Waals surface area contributed by atoms with Gasteiger partial charge in [-0.25, -0.2) is 0 Å². The number of nitro groups is 1. The van der Waals surface area contributed by atoms with Gasteiger partial charge in [-0.15, -0.1) is 0 Å². The standard InChI is InChI=1S/C19H24N6O3/c1-25(2,3)14-19(26)21-13-12-20-15-4-6-16(7-5-15)22-23-17-8-10-18(11-9-17)24(27)28/h4-11H,12-14H2,1-3H3,(H-,20,21,23,26)/p+1. The Balaban J connectivity index is 1.78. The van der Waals surface area contributed by atoms with E-state index in [-0.39, 0.29) is 11.6 Å². The minimum atomic E-state index is -0.456. The fourth-order valence-corrected chi connectivity index (χ4v) is 2.30. The molecule has 0 fully saturated rings. The van der Waals surface area contributed by atoms with Crippen molar-refractivity contribution in [3.63, 3.8) is 0 Å². The first-order valence-electron chi connectivity index (χ1n) is 8.80. The van der Waals surface area contributed by atoms with Crippen LogP contribution in [-0.2, 0) is 4.79 Å². The molecule has 0 aliphatic rings. The second kappa shape index (κ2) is 9.56. The highest BCUT2D eigenvalue weighted by molar-refractivity contribution is 5.77. The molecule has 148 valence electrons. The van der Waals surface area contributed by atoms with Gasteiger partial charge in [0.1, 0.15) is 0 Å². The fourth-order valence-electron chi connectivity index (χ4n) is 2.30. The molecule has 0 bridgehead atoms. The van der Waals surface area contributed by atoms with E-state index in [1.54, 1.807) is 12.1 Å². The second-order valence-corrected chi connectivity index (χ2v) is 7.25. The van der Waals surface area contributed by atoms with E-state index >= 15 is 0 Å². The van der Waals surface area contributed by atoms with Crippen molar-refractivity contribution >= 4 is 28.7 Å². The number of benzene rings is 2. The Morgan fingerprint density at radius 2 is 1.50 bits per heavy atom. The van der Waals surface area contributed by atoms with Gasteiger partial charge in [-0.1, -0.05) is 0 Å². The topological polar surface area (TPSA) is 109 Å². The van der Waals surface area contributed by atoms with Crippen molar-refractivity contribution in [1.29, 1.82) is 0 Å². The Labute approximate surface area is 163 Å². The van der Waals surface area contributed by atoms with Crippen LogP contribution in [0.2, 0.25) is 0 Å². The van der Waals surface area contributed by atoms with Crippen LogP contribution in [0.25, 0.3) is 0 Å². The molecule has 0 heterocycles. The Morgan fingerprint density at radius 1 is 0.964 bits per heavy atom. The van der Waals surface area contributed by atoms with Gasteiger partial charge in [-0.05, 0) is 36.4 Å². The monoisotopic (exact) mass is 385 g/mol. The number of non-ortho nitro benzene ring substituents is 1. The van der Waals surface area contributed by atoms with Crippen LogP contribution < -0.4 is 10.6 Å². The smallest absolute Gasteiger partial charge is 0.275 e. The summed E-state index contributed by atoms with van der Waals surface area (Å²) in [4.78, 5) is 21.9. The highest BCUT2D eigenvalue weighted by atomic mass is 16.6. The van der Waals surface area contributed by atoms with Gasteiger partial charge >= 0.3 is 0 Å². The Bertz CT molecular complexity index is 826. The first-order valence-corrected chi connectivity index (χ1v) is 8.80. The number of hydrogen-bond acceptors (Lipinski definition) is 6. The minimum absolute atomic E-state index is 0.0167. The molecule has 1 amide bonds. The molecule has 0 aliphatic carbocycles. The predicted molar refractivity (Wildman–Crippen MR) is 108 cm³/mol. The van der Waals surface area contributed by atoms with Crippen molar-refractivity contribution in [2.75, 3.05) is 46.1 Å². The van der Waals surface area contributed by atoms with Crippen molar-refractivity contribution < 1.29 is 14.2 Å². The third-order valence-corrected chi connectivity index (χ3v) is 3.60. The summed E-state index contributed by atoms with van der Waals surface area (Å²) < 4.78 is 0.592. The lowest BCUT2D eigenvalue weighted by molar-refractivity contribution is -0.862. The van der Waals surface area contributed by atoms with Gasteiger partial charge in [0.2, 0.25) is 0 Å². The lowest BCUT2D eigenvalue weighted by Crippen LogP contribution is -2.45. The van der Waals surface area contributed by atoms with Gasteiger partial charge in [0, 0.05) is 30.9 Å². The summed E-state index contributed by atoms with van der Waals surface area (Å²) in [5, 5.41) is 24.9. The zero-order chi connectivity index (χ0) is 20.6. The Morgan fingerprint density at radius 3 is 2.00 bits per heavy atom. The summed E-state index contributed by atoms with van der Waals surface area (Å²) in [6.45, 7) is 1.60. The molecule has 0 radical (unpaired) electrons. The van der Waals surface area contributed by atoms with E-state index in [4.69, 9.17) is 0 Å². The SMILES string of the molecule is C[N+](C)(C)CC(=O)NCCNc1ccc(N=Nc2ccc([N+](=O)[O-])cc2)cc1. The van der Waals surface area contributed by atoms with Crippen molar-refractivity contribution in [2.24, 2.45) is 10.2 Å². The number of nitrogens with one attached hydrogen (secondary N) is 2. The Hall–Kier alpha value is -3.33. The summed E-state index contributed by atoms with van der Waals surface area (Å²) in [6.07, 6.45) is 0. The number of amides is 1. The first-order chi connectivity index (χ1) is 13.2. The van der Waals surface area contributed by atoms with Crippen LogP contribution in [0.15, 0.2) is 58.8 Å². The number of nitrogens with zero attached hydrogens (tertiary/aromatic N) is 4. The lowest BCUT2D eigenvalue weighted by atomic mass is 10.3. The number of nitro benzene ring substituents is 1. The molecule has 2 aromatic carbocycles. The zero-order valence-corrected chi connectivity index (χ0v) is 16.3. The van der Waals surface area contributed by atoms with Crippen LogP contribution in [0.3, 0.4) is 0 Å². The summed E-state index contributed by atoms with van der Waals surface area (Å²) in [5.41, 5.74) is 2.13. The van der Waals surface area contributed by atoms with Gasteiger partial charge in [0.25, 0.3) is 11.6 Å². The van der Waals surface area contributed by atoms with Crippen LogP contribution in [0.4, 0.5) is 22.7 Å². The molecule has 0 aliphatic heterocycles. The molecule has 2 aromatic rings. The molecule has 0 saturated carbocycles. The third-order valence-electron chi connectivity index (χ3n) is 3.60. The Kier molecular flexibility index (Phi) is 7.16. The molecular formula is C19H25N6O3+. The van der Waals surface area contributed by atoms with E-state index in [1.807, 2.05) is 45.4 Å². The van der Waals surface area contributed by atoms with Gasteiger partial charge in [-0.3, -0.25) is 14.9 Å². The molecule has 9 nitrogen and oxygen atoms in total.